The summed E-state index contributed by atoms with van der Waals surface area (Å²) < 4.78 is 39.2. The maximum atomic E-state index is 13.2. The van der Waals surface area contributed by atoms with Gasteiger partial charge in [-0.2, -0.15) is 0 Å². The van der Waals surface area contributed by atoms with Gasteiger partial charge in [0.05, 0.1) is 4.90 Å². The second-order valence-electron chi connectivity index (χ2n) is 6.02. The average Bonchev–Trinajstić information content (AvgIpc) is 2.54. The molecule has 0 atom stereocenters. The van der Waals surface area contributed by atoms with Crippen LogP contribution in [-0.4, -0.2) is 32.7 Å². The molecule has 1 amide bonds. The fraction of sp³-hybridized carbons (Fsp3) is 0.278. The first-order chi connectivity index (χ1) is 11.6. The van der Waals surface area contributed by atoms with Crippen LogP contribution in [0, 0.1) is 19.7 Å². The Labute approximate surface area is 147 Å². The van der Waals surface area contributed by atoms with E-state index < -0.39 is 15.9 Å². The van der Waals surface area contributed by atoms with Crippen molar-refractivity contribution < 1.29 is 17.6 Å². The summed E-state index contributed by atoms with van der Waals surface area (Å²) in [5, 5.41) is 2.68. The highest BCUT2D eigenvalue weighted by molar-refractivity contribution is 7.89. The molecule has 0 saturated heterocycles. The minimum atomic E-state index is -3.66. The molecule has 0 fully saturated rings. The van der Waals surface area contributed by atoms with E-state index in [1.165, 1.54) is 32.3 Å². The van der Waals surface area contributed by atoms with Crippen molar-refractivity contribution in [1.82, 2.24) is 9.62 Å². The van der Waals surface area contributed by atoms with E-state index in [1.54, 1.807) is 32.0 Å². The molecule has 2 aromatic carbocycles. The Bertz CT molecular complexity index is 909. The number of halogens is 1. The summed E-state index contributed by atoms with van der Waals surface area (Å²) in [6.07, 6.45) is 0. The van der Waals surface area contributed by atoms with Gasteiger partial charge in [0.2, 0.25) is 10.0 Å². The van der Waals surface area contributed by atoms with E-state index in [1.807, 2.05) is 0 Å². The lowest BCUT2D eigenvalue weighted by molar-refractivity contribution is 0.0950. The monoisotopic (exact) mass is 364 g/mol. The Morgan fingerprint density at radius 1 is 1.16 bits per heavy atom. The van der Waals surface area contributed by atoms with Crippen molar-refractivity contribution in [3.05, 3.63) is 64.5 Å². The van der Waals surface area contributed by atoms with E-state index >= 15 is 0 Å². The van der Waals surface area contributed by atoms with Crippen LogP contribution < -0.4 is 5.32 Å². The number of hydrogen-bond donors (Lipinski definition) is 1. The number of sulfonamides is 1. The number of nitrogens with one attached hydrogen (secondary N) is 1. The predicted molar refractivity (Wildman–Crippen MR) is 94.4 cm³/mol. The van der Waals surface area contributed by atoms with E-state index in [4.69, 9.17) is 0 Å². The van der Waals surface area contributed by atoms with E-state index in [0.29, 0.717) is 16.7 Å². The first-order valence-corrected chi connectivity index (χ1v) is 9.13. The van der Waals surface area contributed by atoms with Crippen molar-refractivity contribution in [2.24, 2.45) is 0 Å². The predicted octanol–water partition coefficient (Wildman–Crippen LogP) is 2.62. The number of benzene rings is 2. The molecule has 0 unspecified atom stereocenters. The third-order valence-corrected chi connectivity index (χ3v) is 5.92. The van der Waals surface area contributed by atoms with Gasteiger partial charge >= 0.3 is 0 Å². The quantitative estimate of drug-likeness (QED) is 0.887. The van der Waals surface area contributed by atoms with Crippen LogP contribution in [0.2, 0.25) is 0 Å². The SMILES string of the molecule is Cc1cc(C(=O)NCc2cccc(F)c2)cc(S(=O)(=O)N(C)C)c1C. The molecule has 0 radical (unpaired) electrons. The summed E-state index contributed by atoms with van der Waals surface area (Å²) in [7, 11) is -0.765. The smallest absolute Gasteiger partial charge is 0.251 e. The zero-order valence-electron chi connectivity index (χ0n) is 14.6. The number of aryl methyl sites for hydroxylation is 1. The molecule has 0 aliphatic carbocycles. The molecule has 134 valence electrons. The molecule has 0 aliphatic heterocycles. The summed E-state index contributed by atoms with van der Waals surface area (Å²) in [5.74, 6) is -0.792. The van der Waals surface area contributed by atoms with Gasteiger partial charge in [0, 0.05) is 26.2 Å². The summed E-state index contributed by atoms with van der Waals surface area (Å²) in [6.45, 7) is 3.62. The second-order valence-corrected chi connectivity index (χ2v) is 8.14. The Hall–Kier alpha value is -2.25. The molecule has 25 heavy (non-hydrogen) atoms. The number of carbonyl (C=O) groups is 1. The van der Waals surface area contributed by atoms with E-state index in [-0.39, 0.29) is 22.8 Å². The molecule has 5 nitrogen and oxygen atoms in total. The topological polar surface area (TPSA) is 66.5 Å². The van der Waals surface area contributed by atoms with Crippen molar-refractivity contribution >= 4 is 15.9 Å². The fourth-order valence-electron chi connectivity index (χ4n) is 2.35. The van der Waals surface area contributed by atoms with Crippen molar-refractivity contribution in [3.8, 4) is 0 Å². The number of amides is 1. The molecule has 2 rings (SSSR count). The Balaban J connectivity index is 2.30. The second kappa shape index (κ2) is 7.33. The summed E-state index contributed by atoms with van der Waals surface area (Å²) in [4.78, 5) is 12.5. The summed E-state index contributed by atoms with van der Waals surface area (Å²) in [5.41, 5.74) is 2.19. The van der Waals surface area contributed by atoms with Crippen LogP contribution in [0.15, 0.2) is 41.3 Å². The molecular weight excluding hydrogens is 343 g/mol. The van der Waals surface area contributed by atoms with Gasteiger partial charge in [0.25, 0.3) is 5.91 Å². The van der Waals surface area contributed by atoms with Gasteiger partial charge in [-0.25, -0.2) is 17.1 Å². The van der Waals surface area contributed by atoms with Gasteiger partial charge in [0.15, 0.2) is 0 Å². The molecule has 2 aromatic rings. The van der Waals surface area contributed by atoms with Crippen molar-refractivity contribution in [2.45, 2.75) is 25.3 Å². The van der Waals surface area contributed by atoms with Crippen LogP contribution in [0.1, 0.15) is 27.0 Å². The minimum absolute atomic E-state index is 0.105. The molecule has 0 spiro atoms. The lowest BCUT2D eigenvalue weighted by Crippen LogP contribution is -2.26. The standard InChI is InChI=1S/C18H21FN2O3S/c1-12-8-15(10-17(13(12)2)25(23,24)21(3)4)18(22)20-11-14-6-5-7-16(19)9-14/h5-10H,11H2,1-4H3,(H,20,22). The van der Waals surface area contributed by atoms with Gasteiger partial charge in [-0.15, -0.1) is 0 Å². The van der Waals surface area contributed by atoms with Crippen LogP contribution in [-0.2, 0) is 16.6 Å². The Kier molecular flexibility index (Phi) is 5.59. The van der Waals surface area contributed by atoms with E-state index in [0.717, 1.165) is 4.31 Å². The Morgan fingerprint density at radius 2 is 1.84 bits per heavy atom. The minimum Gasteiger partial charge on any atom is -0.348 e. The van der Waals surface area contributed by atoms with Gasteiger partial charge in [0.1, 0.15) is 5.82 Å². The van der Waals surface area contributed by atoms with Crippen molar-refractivity contribution in [2.75, 3.05) is 14.1 Å². The van der Waals surface area contributed by atoms with Crippen molar-refractivity contribution in [3.63, 3.8) is 0 Å². The molecule has 1 N–H and O–H groups in total. The molecule has 0 bridgehead atoms. The van der Waals surface area contributed by atoms with Crippen LogP contribution in [0.4, 0.5) is 4.39 Å². The van der Waals surface area contributed by atoms with Crippen LogP contribution in [0.5, 0.6) is 0 Å². The number of nitrogens with zero attached hydrogens (tertiary/aromatic N) is 1. The molecule has 0 aromatic heterocycles. The van der Waals surface area contributed by atoms with Gasteiger partial charge in [-0.1, -0.05) is 12.1 Å². The first-order valence-electron chi connectivity index (χ1n) is 7.69. The summed E-state index contributed by atoms with van der Waals surface area (Å²) in [6, 6.07) is 8.94. The molecular formula is C18H21FN2O3S. The molecule has 0 saturated carbocycles. The first kappa shape index (κ1) is 19.1. The summed E-state index contributed by atoms with van der Waals surface area (Å²) >= 11 is 0. The van der Waals surface area contributed by atoms with Crippen LogP contribution in [0.3, 0.4) is 0 Å². The normalized spacial score (nSPS) is 11.6. The number of carbonyl (C=O) groups excluding carboxylic acids is 1. The molecule has 0 heterocycles. The third-order valence-electron chi connectivity index (χ3n) is 3.98. The highest BCUT2D eigenvalue weighted by Gasteiger charge is 2.22. The van der Waals surface area contributed by atoms with Crippen LogP contribution >= 0.6 is 0 Å². The van der Waals surface area contributed by atoms with E-state index in [9.17, 15) is 17.6 Å². The van der Waals surface area contributed by atoms with Crippen LogP contribution in [0.25, 0.3) is 0 Å². The number of hydrogen-bond acceptors (Lipinski definition) is 3. The van der Waals surface area contributed by atoms with E-state index in [2.05, 4.69) is 5.32 Å². The highest BCUT2D eigenvalue weighted by atomic mass is 32.2. The maximum absolute atomic E-state index is 13.2. The lowest BCUT2D eigenvalue weighted by atomic mass is 10.1. The highest BCUT2D eigenvalue weighted by Crippen LogP contribution is 2.23. The zero-order valence-corrected chi connectivity index (χ0v) is 15.4. The molecule has 7 heteroatoms. The maximum Gasteiger partial charge on any atom is 0.251 e. The average molecular weight is 364 g/mol. The lowest BCUT2D eigenvalue weighted by Gasteiger charge is -2.16. The fourth-order valence-corrected chi connectivity index (χ4v) is 3.57. The van der Waals surface area contributed by atoms with Gasteiger partial charge in [-0.05, 0) is 54.8 Å². The number of rotatable bonds is 5. The largest absolute Gasteiger partial charge is 0.348 e. The van der Waals surface area contributed by atoms with Crippen molar-refractivity contribution in [1.29, 1.82) is 0 Å². The van der Waals surface area contributed by atoms with Gasteiger partial charge < -0.3 is 5.32 Å². The molecule has 0 aliphatic rings. The third kappa shape index (κ3) is 4.24. The Morgan fingerprint density at radius 3 is 2.44 bits per heavy atom. The van der Waals surface area contributed by atoms with Gasteiger partial charge in [-0.3, -0.25) is 4.79 Å². The zero-order chi connectivity index (χ0) is 18.8.